The number of hydrogen-bond donors (Lipinski definition) is 4. The molecule has 1 rings (SSSR count). The SMILES string of the molecule is [N-]=[N+]=NCCOCCOCCO[C@H]1OC(CO)[C@@H](O)C(O)C1O. The topological polar surface area (TPSA) is 167 Å². The van der Waals surface area contributed by atoms with Crippen LogP contribution in [0.4, 0.5) is 0 Å². The fourth-order valence-electron chi connectivity index (χ4n) is 1.90. The van der Waals surface area contributed by atoms with Gasteiger partial charge in [0.05, 0.1) is 39.6 Å². The maximum Gasteiger partial charge on any atom is 0.186 e. The quantitative estimate of drug-likeness (QED) is 0.147. The maximum atomic E-state index is 9.73. The minimum atomic E-state index is -1.46. The standard InChI is InChI=1S/C12H23N3O8/c13-15-14-1-2-20-3-4-21-5-6-22-12-11(19)10(18)9(17)8(7-16)23-12/h8-12,16-19H,1-7H2/t8?,9-,10?,11?,12+/m1/s1. The normalized spacial score (nSPS) is 30.9. The first-order valence-corrected chi connectivity index (χ1v) is 7.20. The zero-order valence-electron chi connectivity index (χ0n) is 12.6. The second-order valence-corrected chi connectivity index (χ2v) is 4.75. The average molecular weight is 337 g/mol. The van der Waals surface area contributed by atoms with Crippen LogP contribution in [0.2, 0.25) is 0 Å². The summed E-state index contributed by atoms with van der Waals surface area (Å²) in [4.78, 5) is 2.58. The minimum absolute atomic E-state index is 0.0847. The number of hydrogen-bond acceptors (Lipinski definition) is 9. The van der Waals surface area contributed by atoms with Crippen molar-refractivity contribution in [3.8, 4) is 0 Å². The molecule has 11 nitrogen and oxygen atoms in total. The maximum absolute atomic E-state index is 9.73. The Morgan fingerprint density at radius 3 is 2.26 bits per heavy atom. The second kappa shape index (κ2) is 11.5. The molecule has 1 aliphatic rings. The molecule has 0 spiro atoms. The van der Waals surface area contributed by atoms with E-state index in [0.717, 1.165) is 0 Å². The fourth-order valence-corrected chi connectivity index (χ4v) is 1.90. The molecular formula is C12H23N3O8. The van der Waals surface area contributed by atoms with Gasteiger partial charge in [0, 0.05) is 11.5 Å². The Balaban J connectivity index is 2.09. The van der Waals surface area contributed by atoms with Crippen LogP contribution in [0.3, 0.4) is 0 Å². The lowest BCUT2D eigenvalue weighted by Crippen LogP contribution is -2.59. The lowest BCUT2D eigenvalue weighted by atomic mass is 9.99. The van der Waals surface area contributed by atoms with Gasteiger partial charge in [0.2, 0.25) is 0 Å². The number of azide groups is 1. The Labute approximate surface area is 133 Å². The van der Waals surface area contributed by atoms with Crippen LogP contribution in [-0.4, -0.2) is 97.3 Å². The highest BCUT2D eigenvalue weighted by molar-refractivity contribution is 4.88. The van der Waals surface area contributed by atoms with Crippen molar-refractivity contribution in [1.29, 1.82) is 0 Å². The summed E-state index contributed by atoms with van der Waals surface area (Å²) in [6, 6.07) is 0. The Morgan fingerprint density at radius 1 is 0.957 bits per heavy atom. The molecule has 134 valence electrons. The summed E-state index contributed by atoms with van der Waals surface area (Å²) < 4.78 is 20.7. The number of aliphatic hydroxyl groups excluding tert-OH is 4. The number of nitrogens with zero attached hydrogens (tertiary/aromatic N) is 3. The van der Waals surface area contributed by atoms with Gasteiger partial charge in [0.15, 0.2) is 6.29 Å². The Hall–Kier alpha value is -1.01. The lowest BCUT2D eigenvalue weighted by Gasteiger charge is -2.39. The molecule has 11 heteroatoms. The summed E-state index contributed by atoms with van der Waals surface area (Å²) in [6.07, 6.45) is -6.44. The van der Waals surface area contributed by atoms with Crippen molar-refractivity contribution >= 4 is 0 Å². The van der Waals surface area contributed by atoms with E-state index in [1.807, 2.05) is 0 Å². The van der Waals surface area contributed by atoms with E-state index in [9.17, 15) is 15.3 Å². The Kier molecular flexibility index (Phi) is 10.0. The smallest absolute Gasteiger partial charge is 0.186 e. The molecule has 4 N–H and O–H groups in total. The monoisotopic (exact) mass is 337 g/mol. The highest BCUT2D eigenvalue weighted by atomic mass is 16.7. The third-order valence-corrected chi connectivity index (χ3v) is 3.13. The Morgan fingerprint density at radius 2 is 1.61 bits per heavy atom. The summed E-state index contributed by atoms with van der Waals surface area (Å²) in [6.45, 7) is 1.01. The zero-order chi connectivity index (χ0) is 17.1. The van der Waals surface area contributed by atoms with Gasteiger partial charge in [0.25, 0.3) is 0 Å². The van der Waals surface area contributed by atoms with Gasteiger partial charge in [0.1, 0.15) is 24.4 Å². The molecule has 0 bridgehead atoms. The van der Waals surface area contributed by atoms with Crippen LogP contribution in [0.1, 0.15) is 0 Å². The van der Waals surface area contributed by atoms with Gasteiger partial charge in [-0.1, -0.05) is 5.11 Å². The predicted molar refractivity (Wildman–Crippen MR) is 75.4 cm³/mol. The van der Waals surface area contributed by atoms with Crippen molar-refractivity contribution in [2.24, 2.45) is 5.11 Å². The molecular weight excluding hydrogens is 314 g/mol. The van der Waals surface area contributed by atoms with E-state index in [1.54, 1.807) is 0 Å². The van der Waals surface area contributed by atoms with Crippen LogP contribution in [0.25, 0.3) is 10.4 Å². The molecule has 0 saturated carbocycles. The van der Waals surface area contributed by atoms with Crippen molar-refractivity contribution in [1.82, 2.24) is 0 Å². The van der Waals surface area contributed by atoms with Gasteiger partial charge in [-0.2, -0.15) is 0 Å². The lowest BCUT2D eigenvalue weighted by molar-refractivity contribution is -0.302. The first kappa shape index (κ1) is 20.0. The van der Waals surface area contributed by atoms with E-state index in [0.29, 0.717) is 19.8 Å². The van der Waals surface area contributed by atoms with Gasteiger partial charge >= 0.3 is 0 Å². The molecule has 0 radical (unpaired) electrons. The van der Waals surface area contributed by atoms with Crippen LogP contribution in [0.15, 0.2) is 5.11 Å². The van der Waals surface area contributed by atoms with Gasteiger partial charge in [-0.25, -0.2) is 0 Å². The largest absolute Gasteiger partial charge is 0.394 e. The molecule has 0 aromatic rings. The molecule has 1 fully saturated rings. The fraction of sp³-hybridized carbons (Fsp3) is 1.00. The number of aliphatic hydroxyl groups is 4. The Bertz CT molecular complexity index is 366. The van der Waals surface area contributed by atoms with Gasteiger partial charge in [-0.15, -0.1) is 0 Å². The van der Waals surface area contributed by atoms with Gasteiger partial charge in [-0.05, 0) is 5.53 Å². The molecule has 3 unspecified atom stereocenters. The minimum Gasteiger partial charge on any atom is -0.394 e. The first-order chi connectivity index (χ1) is 11.1. The molecule has 0 amide bonds. The van der Waals surface area contributed by atoms with E-state index in [4.69, 9.17) is 29.6 Å². The third-order valence-electron chi connectivity index (χ3n) is 3.13. The molecule has 0 aromatic carbocycles. The van der Waals surface area contributed by atoms with E-state index < -0.39 is 37.3 Å². The van der Waals surface area contributed by atoms with E-state index >= 15 is 0 Å². The molecule has 23 heavy (non-hydrogen) atoms. The van der Waals surface area contributed by atoms with Crippen molar-refractivity contribution in [3.63, 3.8) is 0 Å². The van der Waals surface area contributed by atoms with E-state index in [-0.39, 0.29) is 19.8 Å². The molecule has 1 heterocycles. The van der Waals surface area contributed by atoms with Crippen LogP contribution < -0.4 is 0 Å². The summed E-state index contributed by atoms with van der Waals surface area (Å²) in [5, 5.41) is 41.2. The van der Waals surface area contributed by atoms with Gasteiger partial charge < -0.3 is 39.4 Å². The molecule has 0 aliphatic carbocycles. The average Bonchev–Trinajstić information content (AvgIpc) is 2.56. The summed E-state index contributed by atoms with van der Waals surface area (Å²) >= 11 is 0. The number of rotatable bonds is 11. The van der Waals surface area contributed by atoms with Crippen LogP contribution in [-0.2, 0) is 18.9 Å². The summed E-state index contributed by atoms with van der Waals surface area (Å²) in [7, 11) is 0. The van der Waals surface area contributed by atoms with Crippen molar-refractivity contribution in [2.45, 2.75) is 30.7 Å². The molecule has 0 aromatic heterocycles. The van der Waals surface area contributed by atoms with E-state index in [2.05, 4.69) is 10.0 Å². The third kappa shape index (κ3) is 6.96. The van der Waals surface area contributed by atoms with Gasteiger partial charge in [-0.3, -0.25) is 0 Å². The first-order valence-electron chi connectivity index (χ1n) is 7.20. The zero-order valence-corrected chi connectivity index (χ0v) is 12.6. The molecule has 5 atom stereocenters. The number of ether oxygens (including phenoxy) is 4. The molecule has 1 aliphatic heterocycles. The molecule has 1 saturated heterocycles. The highest BCUT2D eigenvalue weighted by Gasteiger charge is 2.43. The van der Waals surface area contributed by atoms with Crippen LogP contribution in [0.5, 0.6) is 0 Å². The van der Waals surface area contributed by atoms with Crippen LogP contribution >= 0.6 is 0 Å². The predicted octanol–water partition coefficient (Wildman–Crippen LogP) is -1.85. The van der Waals surface area contributed by atoms with Crippen molar-refractivity contribution in [3.05, 3.63) is 10.4 Å². The van der Waals surface area contributed by atoms with E-state index in [1.165, 1.54) is 0 Å². The highest BCUT2D eigenvalue weighted by Crippen LogP contribution is 2.21. The summed E-state index contributed by atoms with van der Waals surface area (Å²) in [5.41, 5.74) is 8.05. The summed E-state index contributed by atoms with van der Waals surface area (Å²) in [5.74, 6) is 0. The second-order valence-electron chi connectivity index (χ2n) is 4.75. The van der Waals surface area contributed by atoms with Crippen molar-refractivity contribution < 1.29 is 39.4 Å². The van der Waals surface area contributed by atoms with Crippen LogP contribution in [0, 0.1) is 0 Å². The van der Waals surface area contributed by atoms with Crippen molar-refractivity contribution in [2.75, 3.05) is 46.2 Å².